The second-order valence-electron chi connectivity index (χ2n) is 10.5. The van der Waals surface area contributed by atoms with Crippen LogP contribution in [0, 0.1) is 12.8 Å². The Kier molecular flexibility index (Phi) is 9.31. The van der Waals surface area contributed by atoms with Gasteiger partial charge in [0.25, 0.3) is 0 Å². The molecule has 1 aliphatic heterocycles. The van der Waals surface area contributed by atoms with Crippen molar-refractivity contribution in [2.45, 2.75) is 39.8 Å². The SMILES string of the molecule is Cc1cccc(Oc2ccc(C(=O)CN[C@H](CN3CCN(c4cccc(O)c4)[C@@H](C)C3)C(C)C)cc2Cl)c1. The number of Topliss-reactive ketones (excluding diaryl/α,β-unsaturated/α-hetero) is 1. The number of aromatic hydroxyl groups is 1. The quantitative estimate of drug-likeness (QED) is 0.303. The van der Waals surface area contributed by atoms with Crippen molar-refractivity contribution >= 4 is 23.1 Å². The van der Waals surface area contributed by atoms with Crippen molar-refractivity contribution in [2.24, 2.45) is 5.92 Å². The van der Waals surface area contributed by atoms with E-state index in [0.29, 0.717) is 39.8 Å². The first-order valence-corrected chi connectivity index (χ1v) is 13.7. The molecule has 1 saturated heterocycles. The maximum atomic E-state index is 13.0. The smallest absolute Gasteiger partial charge is 0.176 e. The van der Waals surface area contributed by atoms with Crippen LogP contribution in [0.15, 0.2) is 66.7 Å². The van der Waals surface area contributed by atoms with Gasteiger partial charge in [-0.3, -0.25) is 9.69 Å². The zero-order valence-electron chi connectivity index (χ0n) is 22.7. The number of hydrogen-bond acceptors (Lipinski definition) is 6. The van der Waals surface area contributed by atoms with Crippen LogP contribution in [0.1, 0.15) is 36.7 Å². The van der Waals surface area contributed by atoms with Crippen molar-refractivity contribution in [1.29, 1.82) is 0 Å². The molecule has 3 aromatic rings. The molecule has 7 heteroatoms. The minimum absolute atomic E-state index is 0.00160. The number of carbonyl (C=O) groups excluding carboxylic acids is 1. The fourth-order valence-electron chi connectivity index (χ4n) is 4.93. The van der Waals surface area contributed by atoms with Gasteiger partial charge in [-0.25, -0.2) is 0 Å². The average molecular weight is 536 g/mol. The summed E-state index contributed by atoms with van der Waals surface area (Å²) in [4.78, 5) is 17.8. The third kappa shape index (κ3) is 7.28. The van der Waals surface area contributed by atoms with Gasteiger partial charge in [0.1, 0.15) is 17.2 Å². The van der Waals surface area contributed by atoms with Crippen molar-refractivity contribution in [3.63, 3.8) is 0 Å². The number of phenolic OH excluding ortho intramolecular Hbond substituents is 1. The molecule has 0 aliphatic carbocycles. The van der Waals surface area contributed by atoms with Crippen molar-refractivity contribution in [2.75, 3.05) is 37.6 Å². The van der Waals surface area contributed by atoms with Gasteiger partial charge in [-0.05, 0) is 67.8 Å². The largest absolute Gasteiger partial charge is 0.508 e. The van der Waals surface area contributed by atoms with Crippen LogP contribution >= 0.6 is 11.6 Å². The summed E-state index contributed by atoms with van der Waals surface area (Å²) in [5.74, 6) is 1.91. The van der Waals surface area contributed by atoms with E-state index in [1.165, 1.54) is 0 Å². The van der Waals surface area contributed by atoms with Gasteiger partial charge in [-0.1, -0.05) is 43.6 Å². The molecule has 202 valence electrons. The average Bonchev–Trinajstić information content (AvgIpc) is 2.87. The molecule has 38 heavy (non-hydrogen) atoms. The number of ketones is 1. The van der Waals surface area contributed by atoms with Crippen LogP contribution in [0.5, 0.6) is 17.2 Å². The van der Waals surface area contributed by atoms with Gasteiger partial charge in [0, 0.05) is 55.6 Å². The lowest BCUT2D eigenvalue weighted by Crippen LogP contribution is -2.56. The maximum Gasteiger partial charge on any atom is 0.176 e. The molecule has 0 spiro atoms. The first-order chi connectivity index (χ1) is 18.2. The molecule has 1 fully saturated rings. The number of ether oxygens (including phenoxy) is 1. The van der Waals surface area contributed by atoms with E-state index in [2.05, 4.69) is 35.9 Å². The molecule has 4 rings (SSSR count). The van der Waals surface area contributed by atoms with Gasteiger partial charge in [0.05, 0.1) is 11.6 Å². The Bertz CT molecular complexity index is 1250. The first-order valence-electron chi connectivity index (χ1n) is 13.3. The van der Waals surface area contributed by atoms with Crippen molar-refractivity contribution in [3.05, 3.63) is 82.9 Å². The lowest BCUT2D eigenvalue weighted by atomic mass is 10.0. The summed E-state index contributed by atoms with van der Waals surface area (Å²) < 4.78 is 5.91. The number of rotatable bonds is 10. The second-order valence-corrected chi connectivity index (χ2v) is 10.9. The monoisotopic (exact) mass is 535 g/mol. The predicted molar refractivity (Wildman–Crippen MR) is 155 cm³/mol. The summed E-state index contributed by atoms with van der Waals surface area (Å²) >= 11 is 6.46. The Morgan fingerprint density at radius 2 is 1.89 bits per heavy atom. The Morgan fingerprint density at radius 1 is 1.11 bits per heavy atom. The molecule has 2 N–H and O–H groups in total. The topological polar surface area (TPSA) is 65.0 Å². The number of benzene rings is 3. The molecule has 0 saturated carbocycles. The van der Waals surface area contributed by atoms with Crippen LogP contribution in [-0.4, -0.2) is 60.6 Å². The molecule has 0 aromatic heterocycles. The summed E-state index contributed by atoms with van der Waals surface area (Å²) in [5, 5.41) is 13.8. The first kappa shape index (κ1) is 28.0. The van der Waals surface area contributed by atoms with Crippen LogP contribution in [-0.2, 0) is 0 Å². The summed E-state index contributed by atoms with van der Waals surface area (Å²) in [5.41, 5.74) is 2.72. The normalized spacial score (nSPS) is 17.0. The third-order valence-electron chi connectivity index (χ3n) is 7.13. The van der Waals surface area contributed by atoms with E-state index in [1.54, 1.807) is 24.3 Å². The van der Waals surface area contributed by atoms with E-state index in [9.17, 15) is 9.90 Å². The van der Waals surface area contributed by atoms with Gasteiger partial charge < -0.3 is 20.1 Å². The Hall–Kier alpha value is -3.06. The molecule has 0 radical (unpaired) electrons. The van der Waals surface area contributed by atoms with E-state index >= 15 is 0 Å². The van der Waals surface area contributed by atoms with Crippen molar-refractivity contribution < 1.29 is 14.6 Å². The van der Waals surface area contributed by atoms with E-state index in [0.717, 1.165) is 37.4 Å². The van der Waals surface area contributed by atoms with Gasteiger partial charge in [0.2, 0.25) is 0 Å². The third-order valence-corrected chi connectivity index (χ3v) is 7.42. The molecular weight excluding hydrogens is 498 g/mol. The lowest BCUT2D eigenvalue weighted by Gasteiger charge is -2.43. The number of phenols is 1. The molecule has 0 unspecified atom stereocenters. The van der Waals surface area contributed by atoms with Gasteiger partial charge in [0.15, 0.2) is 5.78 Å². The highest BCUT2D eigenvalue weighted by molar-refractivity contribution is 6.32. The fraction of sp³-hybridized carbons (Fsp3) is 0.387. The standard InChI is InChI=1S/C31H38ClN3O3/c1-21(2)29(20-34-13-14-35(23(4)19-34)25-8-6-9-26(36)17-25)33-18-30(37)24-11-12-31(28(32)16-24)38-27-10-5-7-22(3)15-27/h5-12,15-17,21,23,29,33,36H,13-14,18-20H2,1-4H3/t23-,29+/m0/s1. The number of aryl methyl sites for hydroxylation is 1. The molecule has 1 heterocycles. The zero-order chi connectivity index (χ0) is 27.2. The van der Waals surface area contributed by atoms with Crippen LogP contribution in [0.4, 0.5) is 5.69 Å². The summed E-state index contributed by atoms with van der Waals surface area (Å²) in [7, 11) is 0. The maximum absolute atomic E-state index is 13.0. The number of carbonyl (C=O) groups is 1. The zero-order valence-corrected chi connectivity index (χ0v) is 23.4. The van der Waals surface area contributed by atoms with E-state index in [4.69, 9.17) is 16.3 Å². The minimum atomic E-state index is 0.00160. The molecule has 0 amide bonds. The Morgan fingerprint density at radius 3 is 2.58 bits per heavy atom. The Labute approximate surface area is 231 Å². The van der Waals surface area contributed by atoms with E-state index < -0.39 is 0 Å². The Balaban J connectivity index is 1.31. The molecule has 2 atom stereocenters. The van der Waals surface area contributed by atoms with E-state index in [1.807, 2.05) is 49.4 Å². The second kappa shape index (κ2) is 12.7. The highest BCUT2D eigenvalue weighted by atomic mass is 35.5. The predicted octanol–water partition coefficient (Wildman–Crippen LogP) is 6.15. The number of nitrogens with one attached hydrogen (secondary N) is 1. The molecule has 0 bridgehead atoms. The fourth-order valence-corrected chi connectivity index (χ4v) is 5.15. The molecule has 1 aliphatic rings. The summed E-state index contributed by atoms with van der Waals surface area (Å²) in [6.45, 7) is 12.4. The summed E-state index contributed by atoms with van der Waals surface area (Å²) in [6.07, 6.45) is 0. The van der Waals surface area contributed by atoms with Gasteiger partial charge in [-0.2, -0.15) is 0 Å². The minimum Gasteiger partial charge on any atom is -0.508 e. The van der Waals surface area contributed by atoms with Crippen LogP contribution in [0.25, 0.3) is 0 Å². The molecule has 3 aromatic carbocycles. The van der Waals surface area contributed by atoms with Crippen LogP contribution in [0.2, 0.25) is 5.02 Å². The highest BCUT2D eigenvalue weighted by Crippen LogP contribution is 2.31. The number of nitrogens with zero attached hydrogens (tertiary/aromatic N) is 2. The lowest BCUT2D eigenvalue weighted by molar-refractivity contribution is 0.0978. The molecule has 6 nitrogen and oxygen atoms in total. The van der Waals surface area contributed by atoms with Gasteiger partial charge in [-0.15, -0.1) is 0 Å². The number of halogens is 1. The number of anilines is 1. The number of piperazine rings is 1. The van der Waals surface area contributed by atoms with Crippen LogP contribution < -0.4 is 15.0 Å². The van der Waals surface area contributed by atoms with Gasteiger partial charge >= 0.3 is 0 Å². The molecular formula is C31H38ClN3O3. The highest BCUT2D eigenvalue weighted by Gasteiger charge is 2.27. The van der Waals surface area contributed by atoms with Crippen molar-refractivity contribution in [1.82, 2.24) is 10.2 Å². The summed E-state index contributed by atoms with van der Waals surface area (Å²) in [6, 6.07) is 20.9. The van der Waals surface area contributed by atoms with E-state index in [-0.39, 0.29) is 18.4 Å². The number of hydrogen-bond donors (Lipinski definition) is 2. The van der Waals surface area contributed by atoms with Crippen LogP contribution in [0.3, 0.4) is 0 Å². The van der Waals surface area contributed by atoms with Crippen molar-refractivity contribution in [3.8, 4) is 17.2 Å².